The highest BCUT2D eigenvalue weighted by Crippen LogP contribution is 1.95. The fourth-order valence-corrected chi connectivity index (χ4v) is 0.941. The van der Waals surface area contributed by atoms with Crippen LogP contribution in [0.2, 0.25) is 0 Å². The van der Waals surface area contributed by atoms with Crippen LogP contribution in [0.5, 0.6) is 0 Å². The first-order chi connectivity index (χ1) is 7.06. The number of likely N-dealkylation sites (N-methyl/N-ethyl adjacent to an activating group) is 1. The standard InChI is InChI=1S/C10H21N3O2/c1-8(2)4-5-13-10(15)7-12-6-9(14)11-3/h8,12H,4-7H2,1-3H3,(H,11,14)(H,13,15). The Kier molecular flexibility index (Phi) is 7.62. The second kappa shape index (κ2) is 8.23. The van der Waals surface area contributed by atoms with Crippen LogP contribution in [0.15, 0.2) is 0 Å². The zero-order valence-electron chi connectivity index (χ0n) is 9.72. The van der Waals surface area contributed by atoms with Crippen molar-refractivity contribution in [1.82, 2.24) is 16.0 Å². The minimum absolute atomic E-state index is 0.0699. The largest absolute Gasteiger partial charge is 0.358 e. The lowest BCUT2D eigenvalue weighted by atomic mass is 10.1. The summed E-state index contributed by atoms with van der Waals surface area (Å²) in [5.74, 6) is 0.397. The number of carbonyl (C=O) groups is 2. The Morgan fingerprint density at radius 2 is 1.73 bits per heavy atom. The van der Waals surface area contributed by atoms with Gasteiger partial charge < -0.3 is 10.6 Å². The minimum Gasteiger partial charge on any atom is -0.358 e. The Bertz CT molecular complexity index is 205. The monoisotopic (exact) mass is 215 g/mol. The van der Waals surface area contributed by atoms with Gasteiger partial charge in [0, 0.05) is 13.6 Å². The summed E-state index contributed by atoms with van der Waals surface area (Å²) in [4.78, 5) is 22.0. The number of rotatable bonds is 7. The molecule has 0 rings (SSSR count). The average molecular weight is 215 g/mol. The van der Waals surface area contributed by atoms with Crippen molar-refractivity contribution in [2.24, 2.45) is 5.92 Å². The topological polar surface area (TPSA) is 70.2 Å². The summed E-state index contributed by atoms with van der Waals surface area (Å²) in [7, 11) is 1.56. The molecule has 2 amide bonds. The van der Waals surface area contributed by atoms with Gasteiger partial charge in [-0.2, -0.15) is 0 Å². The van der Waals surface area contributed by atoms with E-state index in [1.807, 2.05) is 0 Å². The molecule has 5 heteroatoms. The lowest BCUT2D eigenvalue weighted by Gasteiger charge is -2.07. The van der Waals surface area contributed by atoms with Gasteiger partial charge in [0.05, 0.1) is 13.1 Å². The van der Waals surface area contributed by atoms with Gasteiger partial charge in [-0.3, -0.25) is 14.9 Å². The first-order valence-corrected chi connectivity index (χ1v) is 5.24. The summed E-state index contributed by atoms with van der Waals surface area (Å²) in [6.07, 6.45) is 0.973. The number of amides is 2. The normalized spacial score (nSPS) is 10.1. The third-order valence-electron chi connectivity index (χ3n) is 1.89. The molecule has 5 nitrogen and oxygen atoms in total. The van der Waals surface area contributed by atoms with Gasteiger partial charge >= 0.3 is 0 Å². The van der Waals surface area contributed by atoms with Gasteiger partial charge in [-0.1, -0.05) is 13.8 Å². The molecular weight excluding hydrogens is 194 g/mol. The van der Waals surface area contributed by atoms with E-state index in [0.29, 0.717) is 12.5 Å². The van der Waals surface area contributed by atoms with Crippen LogP contribution in [0, 0.1) is 5.92 Å². The van der Waals surface area contributed by atoms with Crippen molar-refractivity contribution in [3.05, 3.63) is 0 Å². The molecule has 0 heterocycles. The van der Waals surface area contributed by atoms with E-state index in [2.05, 4.69) is 29.8 Å². The molecule has 0 aliphatic carbocycles. The van der Waals surface area contributed by atoms with Crippen molar-refractivity contribution < 1.29 is 9.59 Å². The van der Waals surface area contributed by atoms with E-state index in [0.717, 1.165) is 6.42 Å². The van der Waals surface area contributed by atoms with Gasteiger partial charge in [0.2, 0.25) is 11.8 Å². The van der Waals surface area contributed by atoms with E-state index in [4.69, 9.17) is 0 Å². The van der Waals surface area contributed by atoms with Crippen molar-refractivity contribution in [2.75, 3.05) is 26.7 Å². The molecule has 0 aromatic carbocycles. The summed E-state index contributed by atoms with van der Waals surface area (Å²) in [5.41, 5.74) is 0. The van der Waals surface area contributed by atoms with E-state index in [-0.39, 0.29) is 24.9 Å². The minimum atomic E-state index is -0.120. The molecule has 0 fully saturated rings. The Balaban J connectivity index is 3.37. The van der Waals surface area contributed by atoms with Crippen molar-refractivity contribution in [2.45, 2.75) is 20.3 Å². The van der Waals surface area contributed by atoms with Crippen LogP contribution in [0.4, 0.5) is 0 Å². The molecule has 0 saturated heterocycles. The summed E-state index contributed by atoms with van der Waals surface area (Å²) in [5, 5.41) is 7.99. The summed E-state index contributed by atoms with van der Waals surface area (Å²) < 4.78 is 0. The third-order valence-corrected chi connectivity index (χ3v) is 1.89. The van der Waals surface area contributed by atoms with Crippen molar-refractivity contribution in [3.8, 4) is 0 Å². The van der Waals surface area contributed by atoms with Crippen LogP contribution in [0.3, 0.4) is 0 Å². The number of hydrogen-bond donors (Lipinski definition) is 3. The Morgan fingerprint density at radius 3 is 2.27 bits per heavy atom. The highest BCUT2D eigenvalue weighted by molar-refractivity contribution is 5.80. The molecule has 0 bridgehead atoms. The average Bonchev–Trinajstić information content (AvgIpc) is 2.17. The van der Waals surface area contributed by atoms with E-state index < -0.39 is 0 Å². The third kappa shape index (κ3) is 9.21. The quantitative estimate of drug-likeness (QED) is 0.535. The Labute approximate surface area is 91.0 Å². The highest BCUT2D eigenvalue weighted by Gasteiger charge is 2.02. The maximum atomic E-state index is 11.2. The Hall–Kier alpha value is -1.10. The molecule has 0 unspecified atom stereocenters. The van der Waals surface area contributed by atoms with Crippen LogP contribution in [0.1, 0.15) is 20.3 Å². The number of hydrogen-bond acceptors (Lipinski definition) is 3. The molecule has 0 spiro atoms. The fourth-order valence-electron chi connectivity index (χ4n) is 0.941. The van der Waals surface area contributed by atoms with Crippen LogP contribution < -0.4 is 16.0 Å². The van der Waals surface area contributed by atoms with Crippen LogP contribution >= 0.6 is 0 Å². The first-order valence-electron chi connectivity index (χ1n) is 5.24. The fraction of sp³-hybridized carbons (Fsp3) is 0.800. The van der Waals surface area contributed by atoms with Gasteiger partial charge in [0.15, 0.2) is 0 Å². The van der Waals surface area contributed by atoms with Gasteiger partial charge in [0.25, 0.3) is 0 Å². The first kappa shape index (κ1) is 13.9. The zero-order chi connectivity index (χ0) is 11.7. The summed E-state index contributed by atoms with van der Waals surface area (Å²) >= 11 is 0. The molecule has 0 aromatic heterocycles. The molecule has 0 aliphatic rings. The molecule has 15 heavy (non-hydrogen) atoms. The number of nitrogens with one attached hydrogen (secondary N) is 3. The lowest BCUT2D eigenvalue weighted by Crippen LogP contribution is -2.39. The predicted octanol–water partition coefficient (Wildman–Crippen LogP) is -0.516. The van der Waals surface area contributed by atoms with Gasteiger partial charge in [-0.05, 0) is 12.3 Å². The van der Waals surface area contributed by atoms with E-state index in [1.54, 1.807) is 7.05 Å². The molecule has 0 aromatic rings. The molecule has 0 atom stereocenters. The van der Waals surface area contributed by atoms with Crippen molar-refractivity contribution >= 4 is 11.8 Å². The second-order valence-corrected chi connectivity index (χ2v) is 3.81. The SMILES string of the molecule is CNC(=O)CNCC(=O)NCCC(C)C. The summed E-state index contributed by atoms with van der Waals surface area (Å²) in [6, 6.07) is 0. The molecule has 0 aliphatic heterocycles. The van der Waals surface area contributed by atoms with Crippen LogP contribution in [0.25, 0.3) is 0 Å². The molecule has 3 N–H and O–H groups in total. The van der Waals surface area contributed by atoms with Gasteiger partial charge in [0.1, 0.15) is 0 Å². The Morgan fingerprint density at radius 1 is 1.13 bits per heavy atom. The molecular formula is C10H21N3O2. The molecule has 0 saturated carbocycles. The van der Waals surface area contributed by atoms with Crippen molar-refractivity contribution in [1.29, 1.82) is 0 Å². The van der Waals surface area contributed by atoms with Crippen LogP contribution in [-0.4, -0.2) is 38.5 Å². The van der Waals surface area contributed by atoms with Gasteiger partial charge in [-0.25, -0.2) is 0 Å². The number of carbonyl (C=O) groups excluding carboxylic acids is 2. The van der Waals surface area contributed by atoms with Crippen LogP contribution in [-0.2, 0) is 9.59 Å². The smallest absolute Gasteiger partial charge is 0.233 e. The van der Waals surface area contributed by atoms with Gasteiger partial charge in [-0.15, -0.1) is 0 Å². The molecule has 0 radical (unpaired) electrons. The zero-order valence-corrected chi connectivity index (χ0v) is 9.72. The maximum Gasteiger partial charge on any atom is 0.233 e. The van der Waals surface area contributed by atoms with E-state index in [9.17, 15) is 9.59 Å². The molecule has 88 valence electrons. The second-order valence-electron chi connectivity index (χ2n) is 3.81. The summed E-state index contributed by atoms with van der Waals surface area (Å²) in [6.45, 7) is 5.27. The lowest BCUT2D eigenvalue weighted by molar-refractivity contribution is -0.121. The highest BCUT2D eigenvalue weighted by atomic mass is 16.2. The van der Waals surface area contributed by atoms with E-state index in [1.165, 1.54) is 0 Å². The predicted molar refractivity (Wildman–Crippen MR) is 59.4 cm³/mol. The van der Waals surface area contributed by atoms with Crippen molar-refractivity contribution in [3.63, 3.8) is 0 Å². The van der Waals surface area contributed by atoms with E-state index >= 15 is 0 Å². The maximum absolute atomic E-state index is 11.2.